The van der Waals surface area contributed by atoms with E-state index in [1.165, 1.54) is 0 Å². The molecule has 128 valence electrons. The molecule has 5 heteroatoms. The monoisotopic (exact) mass is 325 g/mol. The first-order chi connectivity index (χ1) is 11.9. The zero-order valence-electron chi connectivity index (χ0n) is 14.3. The molecule has 3 N–H and O–H groups in total. The quantitative estimate of drug-likeness (QED) is 0.377. The normalized spacial score (nSPS) is 11.1. The minimum absolute atomic E-state index is 0.790. The number of rotatable bonds is 9. The molecule has 1 aromatic carbocycles. The van der Waals surface area contributed by atoms with E-state index in [4.69, 9.17) is 0 Å². The van der Waals surface area contributed by atoms with Crippen LogP contribution in [0.3, 0.4) is 0 Å². The van der Waals surface area contributed by atoms with Crippen LogP contribution in [0.2, 0.25) is 0 Å². The van der Waals surface area contributed by atoms with Gasteiger partial charge in [-0.15, -0.1) is 0 Å². The Morgan fingerprint density at radius 2 is 1.83 bits per heavy atom. The molecule has 0 fully saturated rings. The van der Waals surface area contributed by atoms with Crippen LogP contribution in [0.1, 0.15) is 19.0 Å². The Balaban J connectivity index is 1.66. The molecule has 0 aliphatic carbocycles. The fourth-order valence-electron chi connectivity index (χ4n) is 2.26. The van der Waals surface area contributed by atoms with E-state index in [-0.39, 0.29) is 0 Å². The number of para-hydroxylation sites is 1. The molecule has 0 bridgehead atoms. The standard InChI is InChI=1S/C19H27N5/c1-2-20-19(24-16-12-18-11-6-7-13-21-18)23-15-8-14-22-17-9-4-3-5-10-17/h3-7,9-11,13,22H,2,8,12,14-16H2,1H3,(H2,20,23,24). The first-order valence-electron chi connectivity index (χ1n) is 8.59. The second kappa shape index (κ2) is 11.0. The Morgan fingerprint density at radius 3 is 2.58 bits per heavy atom. The third-order valence-corrected chi connectivity index (χ3v) is 3.45. The summed E-state index contributed by atoms with van der Waals surface area (Å²) >= 11 is 0. The third kappa shape index (κ3) is 7.13. The molecule has 24 heavy (non-hydrogen) atoms. The summed E-state index contributed by atoms with van der Waals surface area (Å²) in [7, 11) is 0. The van der Waals surface area contributed by atoms with Crippen molar-refractivity contribution in [1.82, 2.24) is 15.6 Å². The van der Waals surface area contributed by atoms with E-state index in [1.54, 1.807) is 0 Å². The Kier molecular flexibility index (Phi) is 8.19. The van der Waals surface area contributed by atoms with Crippen LogP contribution in [-0.4, -0.2) is 37.1 Å². The molecule has 0 aliphatic heterocycles. The number of nitrogens with zero attached hydrogens (tertiary/aromatic N) is 2. The van der Waals surface area contributed by atoms with Gasteiger partial charge >= 0.3 is 0 Å². The van der Waals surface area contributed by atoms with Gasteiger partial charge in [0.05, 0.1) is 0 Å². The van der Waals surface area contributed by atoms with Crippen molar-refractivity contribution < 1.29 is 0 Å². The largest absolute Gasteiger partial charge is 0.385 e. The maximum atomic E-state index is 4.61. The number of anilines is 1. The Labute approximate surface area is 144 Å². The van der Waals surface area contributed by atoms with Gasteiger partial charge in [0.25, 0.3) is 0 Å². The smallest absolute Gasteiger partial charge is 0.191 e. The maximum absolute atomic E-state index is 4.61. The fraction of sp³-hybridized carbons (Fsp3) is 0.368. The molecule has 0 atom stereocenters. The minimum Gasteiger partial charge on any atom is -0.385 e. The number of nitrogens with one attached hydrogen (secondary N) is 3. The molecule has 2 aromatic rings. The highest BCUT2D eigenvalue weighted by atomic mass is 15.2. The minimum atomic E-state index is 0.790. The van der Waals surface area contributed by atoms with Gasteiger partial charge in [0.15, 0.2) is 5.96 Å². The second-order valence-corrected chi connectivity index (χ2v) is 5.40. The second-order valence-electron chi connectivity index (χ2n) is 5.40. The average Bonchev–Trinajstić information content (AvgIpc) is 2.63. The summed E-state index contributed by atoms with van der Waals surface area (Å²) in [5.74, 6) is 0.869. The number of pyridine rings is 1. The SMILES string of the molecule is CCNC(=NCCCNc1ccccc1)NCCc1ccccn1. The van der Waals surface area contributed by atoms with Crippen molar-refractivity contribution in [2.45, 2.75) is 19.8 Å². The van der Waals surface area contributed by atoms with E-state index in [0.29, 0.717) is 0 Å². The van der Waals surface area contributed by atoms with Gasteiger partial charge in [0, 0.05) is 50.2 Å². The van der Waals surface area contributed by atoms with Crippen molar-refractivity contribution in [2.24, 2.45) is 4.99 Å². The number of hydrogen-bond donors (Lipinski definition) is 3. The van der Waals surface area contributed by atoms with Crippen molar-refractivity contribution in [2.75, 3.05) is 31.5 Å². The predicted octanol–water partition coefficient (Wildman–Crippen LogP) is 2.68. The highest BCUT2D eigenvalue weighted by molar-refractivity contribution is 5.79. The number of hydrogen-bond acceptors (Lipinski definition) is 3. The van der Waals surface area contributed by atoms with Crippen LogP contribution in [0.5, 0.6) is 0 Å². The van der Waals surface area contributed by atoms with Gasteiger partial charge in [-0.1, -0.05) is 24.3 Å². The van der Waals surface area contributed by atoms with E-state index >= 15 is 0 Å². The highest BCUT2D eigenvalue weighted by Gasteiger charge is 1.98. The van der Waals surface area contributed by atoms with E-state index in [1.807, 2.05) is 42.6 Å². The topological polar surface area (TPSA) is 61.3 Å². The van der Waals surface area contributed by atoms with Crippen molar-refractivity contribution in [1.29, 1.82) is 0 Å². The Bertz CT molecular complexity index is 583. The van der Waals surface area contributed by atoms with Crippen LogP contribution in [0.15, 0.2) is 59.7 Å². The van der Waals surface area contributed by atoms with Crippen LogP contribution in [0.25, 0.3) is 0 Å². The predicted molar refractivity (Wildman–Crippen MR) is 101 cm³/mol. The number of aromatic nitrogens is 1. The van der Waals surface area contributed by atoms with Crippen molar-refractivity contribution >= 4 is 11.6 Å². The molecule has 1 heterocycles. The Morgan fingerprint density at radius 1 is 1.00 bits per heavy atom. The van der Waals surface area contributed by atoms with E-state index < -0.39 is 0 Å². The van der Waals surface area contributed by atoms with E-state index in [2.05, 4.69) is 45.0 Å². The van der Waals surface area contributed by atoms with E-state index in [9.17, 15) is 0 Å². The molecule has 2 rings (SSSR count). The molecular formula is C19H27N5. The van der Waals surface area contributed by atoms with Gasteiger partial charge in [0.2, 0.25) is 0 Å². The van der Waals surface area contributed by atoms with E-state index in [0.717, 1.165) is 56.4 Å². The lowest BCUT2D eigenvalue weighted by atomic mass is 10.3. The lowest BCUT2D eigenvalue weighted by molar-refractivity contribution is 0.778. The lowest BCUT2D eigenvalue weighted by Gasteiger charge is -2.11. The third-order valence-electron chi connectivity index (χ3n) is 3.45. The summed E-state index contributed by atoms with van der Waals surface area (Å²) in [5.41, 5.74) is 2.25. The molecule has 5 nitrogen and oxygen atoms in total. The molecule has 0 saturated heterocycles. The maximum Gasteiger partial charge on any atom is 0.191 e. The van der Waals surface area contributed by atoms with Gasteiger partial charge in [-0.05, 0) is 37.6 Å². The molecule has 0 unspecified atom stereocenters. The molecular weight excluding hydrogens is 298 g/mol. The summed E-state index contributed by atoms with van der Waals surface area (Å²) in [6.07, 6.45) is 3.71. The van der Waals surface area contributed by atoms with Crippen molar-refractivity contribution in [3.63, 3.8) is 0 Å². The Hall–Kier alpha value is -2.56. The number of aliphatic imine (C=N–C) groups is 1. The van der Waals surface area contributed by atoms with Crippen molar-refractivity contribution in [3.8, 4) is 0 Å². The first-order valence-corrected chi connectivity index (χ1v) is 8.59. The molecule has 0 spiro atoms. The first kappa shape index (κ1) is 17.8. The molecule has 1 aromatic heterocycles. The van der Waals surface area contributed by atoms with Gasteiger partial charge in [-0.2, -0.15) is 0 Å². The van der Waals surface area contributed by atoms with Crippen LogP contribution < -0.4 is 16.0 Å². The summed E-state index contributed by atoms with van der Waals surface area (Å²) in [4.78, 5) is 8.94. The van der Waals surface area contributed by atoms with Gasteiger partial charge in [0.1, 0.15) is 0 Å². The molecule has 0 aliphatic rings. The van der Waals surface area contributed by atoms with Gasteiger partial charge < -0.3 is 16.0 Å². The lowest BCUT2D eigenvalue weighted by Crippen LogP contribution is -2.38. The van der Waals surface area contributed by atoms with Crippen molar-refractivity contribution in [3.05, 3.63) is 60.4 Å². The summed E-state index contributed by atoms with van der Waals surface area (Å²) in [6.45, 7) is 5.47. The highest BCUT2D eigenvalue weighted by Crippen LogP contribution is 2.04. The fourth-order valence-corrected chi connectivity index (χ4v) is 2.26. The van der Waals surface area contributed by atoms with Crippen LogP contribution in [-0.2, 0) is 6.42 Å². The van der Waals surface area contributed by atoms with Gasteiger partial charge in [-0.25, -0.2) is 0 Å². The van der Waals surface area contributed by atoms with Crippen LogP contribution in [0.4, 0.5) is 5.69 Å². The zero-order valence-corrected chi connectivity index (χ0v) is 14.3. The average molecular weight is 325 g/mol. The molecule has 0 saturated carbocycles. The summed E-state index contributed by atoms with van der Waals surface area (Å²) in [5, 5.41) is 10.0. The number of guanidine groups is 1. The molecule has 0 radical (unpaired) electrons. The zero-order chi connectivity index (χ0) is 16.9. The number of benzene rings is 1. The summed E-state index contributed by atoms with van der Waals surface area (Å²) < 4.78 is 0. The summed E-state index contributed by atoms with van der Waals surface area (Å²) in [6, 6.07) is 16.2. The van der Waals surface area contributed by atoms with Crippen LogP contribution >= 0.6 is 0 Å². The van der Waals surface area contributed by atoms with Gasteiger partial charge in [-0.3, -0.25) is 9.98 Å². The van der Waals surface area contributed by atoms with Crippen LogP contribution in [0, 0.1) is 0 Å². The molecule has 0 amide bonds.